The number of fused-ring (bicyclic) bond motifs is 1. The van der Waals surface area contributed by atoms with Crippen molar-refractivity contribution >= 4 is 22.6 Å². The van der Waals surface area contributed by atoms with Crippen LogP contribution >= 0.6 is 0 Å². The van der Waals surface area contributed by atoms with Crippen molar-refractivity contribution in [2.45, 2.75) is 19.3 Å². The highest BCUT2D eigenvalue weighted by Gasteiger charge is 2.26. The lowest BCUT2D eigenvalue weighted by atomic mass is 10.0. The van der Waals surface area contributed by atoms with Crippen molar-refractivity contribution in [3.8, 4) is 0 Å². The van der Waals surface area contributed by atoms with Gasteiger partial charge in [-0.3, -0.25) is 14.4 Å². The van der Waals surface area contributed by atoms with Gasteiger partial charge in [-0.05, 0) is 30.2 Å². The van der Waals surface area contributed by atoms with E-state index in [4.69, 9.17) is 5.11 Å². The Hall–Kier alpha value is -3.59. The lowest BCUT2D eigenvalue weighted by Gasteiger charge is -2.35. The molecule has 1 fully saturated rings. The van der Waals surface area contributed by atoms with Gasteiger partial charge in [0.25, 0.3) is 11.5 Å². The number of amides is 2. The number of aliphatic hydroxyl groups is 1. The van der Waals surface area contributed by atoms with Crippen molar-refractivity contribution in [3.63, 3.8) is 0 Å². The van der Waals surface area contributed by atoms with Gasteiger partial charge < -0.3 is 14.9 Å². The zero-order valence-corrected chi connectivity index (χ0v) is 18.1. The van der Waals surface area contributed by atoms with E-state index in [1.807, 2.05) is 12.1 Å². The lowest BCUT2D eigenvalue weighted by Crippen LogP contribution is -2.50. The number of aromatic amines is 1. The molecule has 0 saturated carbocycles. The van der Waals surface area contributed by atoms with E-state index < -0.39 is 11.7 Å². The van der Waals surface area contributed by atoms with E-state index in [0.29, 0.717) is 61.1 Å². The maximum Gasteiger partial charge on any atom is 0.272 e. The first-order chi connectivity index (χ1) is 16.0. The molecule has 0 spiro atoms. The molecule has 2 amide bonds. The molecule has 33 heavy (non-hydrogen) atoms. The summed E-state index contributed by atoms with van der Waals surface area (Å²) in [5, 5.41) is 16.8. The molecule has 0 radical (unpaired) electrons. The molecule has 9 heteroatoms. The van der Waals surface area contributed by atoms with Crippen LogP contribution in [-0.4, -0.2) is 69.7 Å². The summed E-state index contributed by atoms with van der Waals surface area (Å²) < 4.78 is 14.6. The number of carbonyl (C=O) groups is 2. The topological polar surface area (TPSA) is 107 Å². The fourth-order valence-corrected chi connectivity index (χ4v) is 4.06. The molecular formula is C24H25FN4O4. The Balaban J connectivity index is 1.49. The first-order valence-electron chi connectivity index (χ1n) is 10.9. The molecule has 2 heterocycles. The fourth-order valence-electron chi connectivity index (χ4n) is 4.06. The maximum absolute atomic E-state index is 14.6. The lowest BCUT2D eigenvalue weighted by molar-refractivity contribution is -0.132. The number of aromatic nitrogens is 2. The summed E-state index contributed by atoms with van der Waals surface area (Å²) >= 11 is 0. The van der Waals surface area contributed by atoms with E-state index in [-0.39, 0.29) is 30.1 Å². The number of hydrogen-bond donors (Lipinski definition) is 2. The van der Waals surface area contributed by atoms with E-state index >= 15 is 0 Å². The summed E-state index contributed by atoms with van der Waals surface area (Å²) in [6, 6.07) is 11.5. The van der Waals surface area contributed by atoms with E-state index in [0.717, 1.165) is 0 Å². The highest BCUT2D eigenvalue weighted by molar-refractivity contribution is 5.95. The van der Waals surface area contributed by atoms with Crippen molar-refractivity contribution in [1.82, 2.24) is 20.0 Å². The zero-order valence-electron chi connectivity index (χ0n) is 18.1. The number of halogens is 1. The third-order valence-electron chi connectivity index (χ3n) is 5.88. The number of aliphatic hydroxyl groups excluding tert-OH is 1. The molecule has 0 aliphatic carbocycles. The van der Waals surface area contributed by atoms with Gasteiger partial charge in [0.15, 0.2) is 0 Å². The Morgan fingerprint density at radius 3 is 2.45 bits per heavy atom. The monoisotopic (exact) mass is 452 g/mol. The molecule has 172 valence electrons. The number of piperazine rings is 1. The summed E-state index contributed by atoms with van der Waals surface area (Å²) in [4.78, 5) is 40.4. The predicted octanol–water partition coefficient (Wildman–Crippen LogP) is 1.71. The van der Waals surface area contributed by atoms with E-state index in [9.17, 15) is 18.8 Å². The van der Waals surface area contributed by atoms with Crippen LogP contribution in [0.25, 0.3) is 10.8 Å². The molecule has 0 unspecified atom stereocenters. The van der Waals surface area contributed by atoms with Crippen LogP contribution in [0.3, 0.4) is 0 Å². The number of nitrogens with zero attached hydrogens (tertiary/aromatic N) is 3. The van der Waals surface area contributed by atoms with E-state index in [1.165, 1.54) is 12.1 Å². The Morgan fingerprint density at radius 2 is 1.73 bits per heavy atom. The van der Waals surface area contributed by atoms with Crippen LogP contribution in [0.5, 0.6) is 0 Å². The van der Waals surface area contributed by atoms with Crippen LogP contribution < -0.4 is 5.56 Å². The van der Waals surface area contributed by atoms with Gasteiger partial charge in [0, 0.05) is 51.0 Å². The highest BCUT2D eigenvalue weighted by Crippen LogP contribution is 2.20. The van der Waals surface area contributed by atoms with Crippen LogP contribution in [0, 0.1) is 5.82 Å². The van der Waals surface area contributed by atoms with Crippen LogP contribution in [0.2, 0.25) is 0 Å². The van der Waals surface area contributed by atoms with Crippen molar-refractivity contribution in [2.24, 2.45) is 0 Å². The normalized spacial score (nSPS) is 14.0. The summed E-state index contributed by atoms with van der Waals surface area (Å²) in [6.07, 6.45) is 1.01. The molecule has 1 aliphatic heterocycles. The molecule has 1 aliphatic rings. The molecule has 3 aromatic rings. The minimum absolute atomic E-state index is 0.0266. The average molecular weight is 452 g/mol. The van der Waals surface area contributed by atoms with Gasteiger partial charge in [-0.2, -0.15) is 5.10 Å². The summed E-state index contributed by atoms with van der Waals surface area (Å²) in [7, 11) is 0. The number of hydrogen-bond acceptors (Lipinski definition) is 5. The quantitative estimate of drug-likeness (QED) is 0.592. The fraction of sp³-hybridized carbons (Fsp3) is 0.333. The molecule has 0 bridgehead atoms. The minimum Gasteiger partial charge on any atom is -0.396 e. The van der Waals surface area contributed by atoms with Crippen LogP contribution in [-0.2, 0) is 11.2 Å². The number of benzene rings is 2. The molecule has 0 atom stereocenters. The van der Waals surface area contributed by atoms with E-state index in [2.05, 4.69) is 10.2 Å². The molecular weight excluding hydrogens is 427 g/mol. The second-order valence-corrected chi connectivity index (χ2v) is 8.04. The van der Waals surface area contributed by atoms with Crippen molar-refractivity contribution in [3.05, 3.63) is 75.5 Å². The van der Waals surface area contributed by atoms with Crippen LogP contribution in [0.15, 0.2) is 47.3 Å². The SMILES string of the molecule is O=C(CCCO)N1CCN(C(=O)c2cc(Cc3n[nH]c(=O)c4ccccc34)ccc2F)CC1. The van der Waals surface area contributed by atoms with Gasteiger partial charge in [0.1, 0.15) is 5.82 Å². The molecule has 1 aromatic heterocycles. The van der Waals surface area contributed by atoms with Gasteiger partial charge in [-0.25, -0.2) is 9.49 Å². The average Bonchev–Trinajstić information content (AvgIpc) is 2.85. The third kappa shape index (κ3) is 4.93. The van der Waals surface area contributed by atoms with Crippen molar-refractivity contribution in [1.29, 1.82) is 0 Å². The molecule has 4 rings (SSSR count). The van der Waals surface area contributed by atoms with Gasteiger partial charge in [-0.1, -0.05) is 24.3 Å². The number of rotatable bonds is 6. The molecule has 8 nitrogen and oxygen atoms in total. The van der Waals surface area contributed by atoms with Gasteiger partial charge >= 0.3 is 0 Å². The van der Waals surface area contributed by atoms with E-state index in [1.54, 1.807) is 28.0 Å². The van der Waals surface area contributed by atoms with Crippen molar-refractivity contribution in [2.75, 3.05) is 32.8 Å². The molecule has 2 aromatic carbocycles. The van der Waals surface area contributed by atoms with Crippen LogP contribution in [0.1, 0.15) is 34.5 Å². The summed E-state index contributed by atoms with van der Waals surface area (Å²) in [6.45, 7) is 1.36. The summed E-state index contributed by atoms with van der Waals surface area (Å²) in [5.41, 5.74) is 1.02. The second kappa shape index (κ2) is 9.91. The smallest absolute Gasteiger partial charge is 0.272 e. The highest BCUT2D eigenvalue weighted by atomic mass is 19.1. The van der Waals surface area contributed by atoms with Gasteiger partial charge in [0.2, 0.25) is 5.91 Å². The standard InChI is InChI=1S/C24H25FN4O4/c25-20-8-7-16(15-21-17-4-1-2-5-18(17)23(32)27-26-21)14-19(20)24(33)29-11-9-28(10-12-29)22(31)6-3-13-30/h1-2,4-5,7-8,14,30H,3,6,9-13,15H2,(H,27,32). The second-order valence-electron chi connectivity index (χ2n) is 8.04. The zero-order chi connectivity index (χ0) is 23.4. The number of carbonyl (C=O) groups excluding carboxylic acids is 2. The van der Waals surface area contributed by atoms with Crippen molar-refractivity contribution < 1.29 is 19.1 Å². The Labute approximate surface area is 189 Å². The van der Waals surface area contributed by atoms with Gasteiger partial charge in [0.05, 0.1) is 16.6 Å². The third-order valence-corrected chi connectivity index (χ3v) is 5.88. The van der Waals surface area contributed by atoms with Crippen LogP contribution in [0.4, 0.5) is 4.39 Å². The first kappa shape index (κ1) is 22.6. The molecule has 2 N–H and O–H groups in total. The number of nitrogens with one attached hydrogen (secondary N) is 1. The number of H-pyrrole nitrogens is 1. The largest absolute Gasteiger partial charge is 0.396 e. The molecule has 1 saturated heterocycles. The Kier molecular flexibility index (Phi) is 6.79. The predicted molar refractivity (Wildman–Crippen MR) is 120 cm³/mol. The summed E-state index contributed by atoms with van der Waals surface area (Å²) in [5.74, 6) is -1.08. The Morgan fingerprint density at radius 1 is 1.03 bits per heavy atom. The van der Waals surface area contributed by atoms with Gasteiger partial charge in [-0.15, -0.1) is 0 Å². The maximum atomic E-state index is 14.6. The first-order valence-corrected chi connectivity index (χ1v) is 10.9. The Bertz CT molecular complexity index is 1230. The minimum atomic E-state index is -0.607.